The molecule has 0 amide bonds. The van der Waals surface area contributed by atoms with E-state index < -0.39 is 0 Å². The maximum absolute atomic E-state index is 8.41. The van der Waals surface area contributed by atoms with Crippen LogP contribution in [0.5, 0.6) is 0 Å². The number of nitrogens with one attached hydrogen (secondary N) is 1. The molecule has 0 aliphatic carbocycles. The second-order valence-electron chi connectivity index (χ2n) is 2.29. The Balaban J connectivity index is 2.84. The molecule has 2 heteroatoms. The van der Waals surface area contributed by atoms with Gasteiger partial charge in [0.15, 0.2) is 0 Å². The van der Waals surface area contributed by atoms with Gasteiger partial charge in [-0.2, -0.15) is 5.26 Å². The summed E-state index contributed by atoms with van der Waals surface area (Å²) in [6, 6.07) is 9.95. The highest BCUT2D eigenvalue weighted by molar-refractivity contribution is 5.45. The van der Waals surface area contributed by atoms with Gasteiger partial charge in [0, 0.05) is 12.7 Å². The standard InChI is InChI=1S/C9H10N2/c1-11-9-4-2-3-8(7-9)5-6-10/h2-4,7,11H,5H2,1H3. The van der Waals surface area contributed by atoms with Gasteiger partial charge >= 0.3 is 0 Å². The molecule has 0 fully saturated rings. The minimum Gasteiger partial charge on any atom is -0.388 e. The number of rotatable bonds is 2. The molecule has 0 saturated carbocycles. The Morgan fingerprint density at radius 3 is 3.00 bits per heavy atom. The molecule has 0 aliphatic heterocycles. The lowest BCUT2D eigenvalue weighted by atomic mass is 10.1. The van der Waals surface area contributed by atoms with Crippen molar-refractivity contribution in [3.05, 3.63) is 29.8 Å². The van der Waals surface area contributed by atoms with E-state index in [4.69, 9.17) is 5.26 Å². The van der Waals surface area contributed by atoms with Crippen LogP contribution in [-0.4, -0.2) is 7.05 Å². The Hall–Kier alpha value is -1.49. The van der Waals surface area contributed by atoms with E-state index in [9.17, 15) is 0 Å². The summed E-state index contributed by atoms with van der Waals surface area (Å²) in [4.78, 5) is 0. The number of anilines is 1. The fourth-order valence-electron chi connectivity index (χ4n) is 0.928. The topological polar surface area (TPSA) is 35.8 Å². The molecule has 2 nitrogen and oxygen atoms in total. The van der Waals surface area contributed by atoms with Crippen molar-refractivity contribution < 1.29 is 0 Å². The number of hydrogen-bond acceptors (Lipinski definition) is 2. The Labute approximate surface area is 66.5 Å². The summed E-state index contributed by atoms with van der Waals surface area (Å²) in [6.07, 6.45) is 0.482. The van der Waals surface area contributed by atoms with E-state index >= 15 is 0 Å². The van der Waals surface area contributed by atoms with E-state index in [1.54, 1.807) is 0 Å². The van der Waals surface area contributed by atoms with Crippen molar-refractivity contribution in [2.24, 2.45) is 0 Å². The predicted octanol–water partition coefficient (Wildman–Crippen LogP) is 1.79. The van der Waals surface area contributed by atoms with E-state index in [0.29, 0.717) is 6.42 Å². The summed E-state index contributed by atoms with van der Waals surface area (Å²) >= 11 is 0. The molecule has 0 heterocycles. The van der Waals surface area contributed by atoms with Crippen molar-refractivity contribution in [3.63, 3.8) is 0 Å². The van der Waals surface area contributed by atoms with Crippen molar-refractivity contribution in [1.29, 1.82) is 5.26 Å². The Bertz CT molecular complexity index is 273. The number of nitrogens with zero attached hydrogens (tertiary/aromatic N) is 1. The van der Waals surface area contributed by atoms with E-state index in [2.05, 4.69) is 11.4 Å². The monoisotopic (exact) mass is 146 g/mol. The maximum atomic E-state index is 8.41. The lowest BCUT2D eigenvalue weighted by Crippen LogP contribution is -1.89. The van der Waals surface area contributed by atoms with Crippen LogP contribution in [0.4, 0.5) is 5.69 Å². The van der Waals surface area contributed by atoms with Gasteiger partial charge < -0.3 is 5.32 Å². The van der Waals surface area contributed by atoms with Crippen LogP contribution < -0.4 is 5.32 Å². The molecule has 11 heavy (non-hydrogen) atoms. The first-order chi connectivity index (χ1) is 5.36. The van der Waals surface area contributed by atoms with Crippen LogP contribution >= 0.6 is 0 Å². The van der Waals surface area contributed by atoms with Gasteiger partial charge in [0.25, 0.3) is 0 Å². The number of benzene rings is 1. The van der Waals surface area contributed by atoms with Gasteiger partial charge in [-0.15, -0.1) is 0 Å². The first-order valence-corrected chi connectivity index (χ1v) is 3.50. The molecule has 56 valence electrons. The van der Waals surface area contributed by atoms with Crippen molar-refractivity contribution in [2.45, 2.75) is 6.42 Å². The maximum Gasteiger partial charge on any atom is 0.0669 e. The molecule has 0 radical (unpaired) electrons. The quantitative estimate of drug-likeness (QED) is 0.690. The molecular formula is C9H10N2. The highest BCUT2D eigenvalue weighted by Gasteiger charge is 1.91. The molecule has 0 unspecified atom stereocenters. The molecule has 1 rings (SSSR count). The first-order valence-electron chi connectivity index (χ1n) is 3.50. The zero-order valence-electron chi connectivity index (χ0n) is 6.46. The third-order valence-corrected chi connectivity index (χ3v) is 1.50. The zero-order valence-corrected chi connectivity index (χ0v) is 6.46. The number of hydrogen-bond donors (Lipinski definition) is 1. The summed E-state index contributed by atoms with van der Waals surface area (Å²) in [6.45, 7) is 0. The van der Waals surface area contributed by atoms with Crippen LogP contribution in [0.25, 0.3) is 0 Å². The Morgan fingerprint density at radius 1 is 1.55 bits per heavy atom. The normalized spacial score (nSPS) is 8.73. The van der Waals surface area contributed by atoms with Crippen LogP contribution in [0.3, 0.4) is 0 Å². The Morgan fingerprint density at radius 2 is 2.36 bits per heavy atom. The van der Waals surface area contributed by atoms with Gasteiger partial charge in [-0.05, 0) is 17.7 Å². The molecule has 0 atom stereocenters. The highest BCUT2D eigenvalue weighted by Crippen LogP contribution is 2.09. The third-order valence-electron chi connectivity index (χ3n) is 1.50. The molecule has 0 aliphatic rings. The average Bonchev–Trinajstić information content (AvgIpc) is 2.06. The fraction of sp³-hybridized carbons (Fsp3) is 0.222. The van der Waals surface area contributed by atoms with Gasteiger partial charge in [-0.3, -0.25) is 0 Å². The van der Waals surface area contributed by atoms with E-state index in [1.807, 2.05) is 31.3 Å². The average molecular weight is 146 g/mol. The fourth-order valence-corrected chi connectivity index (χ4v) is 0.928. The molecule has 1 N–H and O–H groups in total. The van der Waals surface area contributed by atoms with E-state index in [0.717, 1.165) is 11.3 Å². The van der Waals surface area contributed by atoms with Crippen LogP contribution in [0, 0.1) is 11.3 Å². The SMILES string of the molecule is CNc1cccc(CC#N)c1. The first kappa shape index (κ1) is 7.62. The van der Waals surface area contributed by atoms with E-state index in [1.165, 1.54) is 0 Å². The predicted molar refractivity (Wildman–Crippen MR) is 45.3 cm³/mol. The van der Waals surface area contributed by atoms with Gasteiger partial charge in [0.1, 0.15) is 0 Å². The van der Waals surface area contributed by atoms with Crippen molar-refractivity contribution in [2.75, 3.05) is 12.4 Å². The molecular weight excluding hydrogens is 136 g/mol. The molecule has 0 spiro atoms. The summed E-state index contributed by atoms with van der Waals surface area (Å²) < 4.78 is 0. The van der Waals surface area contributed by atoms with Gasteiger partial charge in [-0.1, -0.05) is 12.1 Å². The van der Waals surface area contributed by atoms with E-state index in [-0.39, 0.29) is 0 Å². The summed E-state index contributed by atoms with van der Waals surface area (Å²) in [7, 11) is 1.87. The third kappa shape index (κ3) is 1.98. The molecule has 1 aromatic rings. The summed E-state index contributed by atoms with van der Waals surface area (Å²) in [5.74, 6) is 0. The highest BCUT2D eigenvalue weighted by atomic mass is 14.8. The molecule has 1 aromatic carbocycles. The van der Waals surface area contributed by atoms with Crippen LogP contribution in [0.15, 0.2) is 24.3 Å². The van der Waals surface area contributed by atoms with Crippen LogP contribution in [0.1, 0.15) is 5.56 Å². The number of nitriles is 1. The minimum atomic E-state index is 0.482. The largest absolute Gasteiger partial charge is 0.388 e. The minimum absolute atomic E-state index is 0.482. The van der Waals surface area contributed by atoms with Crippen molar-refractivity contribution in [1.82, 2.24) is 0 Å². The van der Waals surface area contributed by atoms with Gasteiger partial charge in [-0.25, -0.2) is 0 Å². The second-order valence-corrected chi connectivity index (χ2v) is 2.29. The van der Waals surface area contributed by atoms with Crippen molar-refractivity contribution >= 4 is 5.69 Å². The van der Waals surface area contributed by atoms with Crippen molar-refractivity contribution in [3.8, 4) is 6.07 Å². The smallest absolute Gasteiger partial charge is 0.0669 e. The Kier molecular flexibility index (Phi) is 2.51. The molecule has 0 bridgehead atoms. The summed E-state index contributed by atoms with van der Waals surface area (Å²) in [5.41, 5.74) is 2.11. The summed E-state index contributed by atoms with van der Waals surface area (Å²) in [5, 5.41) is 11.4. The van der Waals surface area contributed by atoms with Gasteiger partial charge in [0.2, 0.25) is 0 Å². The molecule has 0 saturated heterocycles. The van der Waals surface area contributed by atoms with Gasteiger partial charge in [0.05, 0.1) is 12.5 Å². The second kappa shape index (κ2) is 3.62. The lowest BCUT2D eigenvalue weighted by molar-refractivity contribution is 1.26. The lowest BCUT2D eigenvalue weighted by Gasteiger charge is -2.00. The van der Waals surface area contributed by atoms with Crippen LogP contribution in [-0.2, 0) is 6.42 Å². The molecule has 0 aromatic heterocycles. The zero-order chi connectivity index (χ0) is 8.10. The van der Waals surface area contributed by atoms with Crippen LogP contribution in [0.2, 0.25) is 0 Å².